The smallest absolute Gasteiger partial charge is 0.326 e. The first-order valence-electron chi connectivity index (χ1n) is 10.8. The number of halogens is 4. The third-order valence-electron chi connectivity index (χ3n) is 5.61. The first kappa shape index (κ1) is 27.7. The topological polar surface area (TPSA) is 127 Å². The van der Waals surface area contributed by atoms with E-state index in [0.717, 1.165) is 18.5 Å². The average Bonchev–Trinajstić information content (AvgIpc) is 3.58. The number of benzene rings is 1. The van der Waals surface area contributed by atoms with Gasteiger partial charge in [0.15, 0.2) is 10.8 Å². The molecular formula is C22H18ClF3N6O4S2. The number of nitrogens with zero attached hydrogens (tertiary/aromatic N) is 5. The molecule has 5 rings (SSSR count). The Bertz CT molecular complexity index is 1540. The molecule has 0 spiro atoms. The molecule has 0 unspecified atom stereocenters. The first-order valence-corrected chi connectivity index (χ1v) is 13.9. The fourth-order valence-electron chi connectivity index (χ4n) is 4.34. The molecule has 0 radical (unpaired) electrons. The van der Waals surface area contributed by atoms with E-state index in [4.69, 9.17) is 26.2 Å². The van der Waals surface area contributed by atoms with Gasteiger partial charge in [0.25, 0.3) is 0 Å². The summed E-state index contributed by atoms with van der Waals surface area (Å²) in [5.74, 6) is -0.0509. The monoisotopic (exact) mass is 586 g/mol. The molecule has 1 N–H and O–H groups in total. The quantitative estimate of drug-likeness (QED) is 0.468. The number of hydrogen-bond donors (Lipinski definition) is 1. The Kier molecular flexibility index (Phi) is 8.13. The number of rotatable bonds is 6. The summed E-state index contributed by atoms with van der Waals surface area (Å²) in [5, 5.41) is 6.53. The summed E-state index contributed by atoms with van der Waals surface area (Å²) >= 11 is 7.75. The van der Waals surface area contributed by atoms with E-state index in [1.807, 2.05) is 4.90 Å². The molecular weight excluding hydrogens is 569 g/mol. The summed E-state index contributed by atoms with van der Waals surface area (Å²) in [4.78, 5) is 27.3. The fourth-order valence-corrected chi connectivity index (χ4v) is 6.01. The molecule has 200 valence electrons. The number of hydrogen-bond acceptors (Lipinski definition) is 9. The number of alkyl halides is 2. The second kappa shape index (κ2) is 11.2. The van der Waals surface area contributed by atoms with Gasteiger partial charge >= 0.3 is 12.7 Å². The summed E-state index contributed by atoms with van der Waals surface area (Å²) in [6, 6.07) is 4.02. The van der Waals surface area contributed by atoms with Crippen molar-refractivity contribution in [1.82, 2.24) is 24.4 Å². The standard InChI is InChI=1S/C21H18ClF3N6O2S2.CO2/c1-35(32,33)29-12-9-16-17(15-4-6-31(28-15)21(24)25)18(13-3-2-11(23)8-14(13)22)27-19(30(16)10-12)20-26-5-7-34-20;2-1-3/h2-8,12,18,21,29H,9-10H2,1H3;/t12-,18-;/m0./s1. The van der Waals surface area contributed by atoms with Gasteiger partial charge in [-0.25, -0.2) is 27.2 Å². The zero-order valence-electron chi connectivity index (χ0n) is 19.4. The minimum Gasteiger partial charge on any atom is -0.326 e. The second-order valence-corrected chi connectivity index (χ2v) is 11.2. The SMILES string of the molecule is CS(=O)(=O)N[C@H]1CC2=C(c3ccn(C(F)F)n3)[C@H](c3ccc(F)cc3Cl)N=C(c3nccs3)N2C1.O=C=O. The van der Waals surface area contributed by atoms with Gasteiger partial charge in [-0.2, -0.15) is 23.5 Å². The number of nitrogens with one attached hydrogen (secondary N) is 1. The van der Waals surface area contributed by atoms with Gasteiger partial charge in [-0.1, -0.05) is 17.7 Å². The normalized spacial score (nSPS) is 19.1. The zero-order chi connectivity index (χ0) is 27.6. The molecule has 1 fully saturated rings. The van der Waals surface area contributed by atoms with Crippen LogP contribution in [0.4, 0.5) is 13.2 Å². The number of aromatic nitrogens is 3. The molecule has 16 heteroatoms. The maximum atomic E-state index is 13.8. The molecule has 0 aliphatic carbocycles. The largest absolute Gasteiger partial charge is 0.373 e. The van der Waals surface area contributed by atoms with Gasteiger partial charge in [-0.15, -0.1) is 11.3 Å². The van der Waals surface area contributed by atoms with E-state index in [1.54, 1.807) is 11.6 Å². The number of thiazole rings is 1. The van der Waals surface area contributed by atoms with Crippen molar-refractivity contribution in [2.75, 3.05) is 12.8 Å². The number of carbonyl (C=O) groups excluding carboxylic acids is 2. The highest BCUT2D eigenvalue weighted by Crippen LogP contribution is 2.46. The van der Waals surface area contributed by atoms with E-state index in [2.05, 4.69) is 14.8 Å². The molecule has 1 saturated heterocycles. The maximum Gasteiger partial charge on any atom is 0.373 e. The van der Waals surface area contributed by atoms with Crippen molar-refractivity contribution in [3.63, 3.8) is 0 Å². The van der Waals surface area contributed by atoms with E-state index in [0.29, 0.717) is 32.4 Å². The van der Waals surface area contributed by atoms with Crippen LogP contribution in [0.1, 0.15) is 35.3 Å². The van der Waals surface area contributed by atoms with Crippen LogP contribution in [0.15, 0.2) is 52.7 Å². The molecule has 2 aliphatic rings. The number of sulfonamides is 1. The van der Waals surface area contributed by atoms with Gasteiger partial charge in [0.2, 0.25) is 10.0 Å². The van der Waals surface area contributed by atoms with Crippen molar-refractivity contribution in [3.8, 4) is 0 Å². The van der Waals surface area contributed by atoms with Crippen LogP contribution in [-0.4, -0.2) is 58.9 Å². The lowest BCUT2D eigenvalue weighted by molar-refractivity contribution is -0.191. The number of amidine groups is 1. The van der Waals surface area contributed by atoms with Crippen molar-refractivity contribution in [2.45, 2.75) is 25.1 Å². The Morgan fingerprint density at radius 3 is 2.58 bits per heavy atom. The zero-order valence-corrected chi connectivity index (χ0v) is 21.8. The molecule has 4 heterocycles. The molecule has 0 saturated carbocycles. The van der Waals surface area contributed by atoms with Crippen LogP contribution in [0.2, 0.25) is 5.02 Å². The predicted molar refractivity (Wildman–Crippen MR) is 131 cm³/mol. The van der Waals surface area contributed by atoms with Crippen LogP contribution >= 0.6 is 22.9 Å². The minimum atomic E-state index is -3.52. The Hall–Kier alpha value is -3.36. The molecule has 3 aromatic rings. The molecule has 1 aromatic carbocycles. The molecule has 2 atom stereocenters. The molecule has 0 amide bonds. The highest BCUT2D eigenvalue weighted by Gasteiger charge is 2.41. The van der Waals surface area contributed by atoms with Gasteiger partial charge in [0.05, 0.1) is 11.9 Å². The molecule has 2 aliphatic heterocycles. The third-order valence-corrected chi connectivity index (χ3v) is 7.46. The number of fused-ring (bicyclic) bond motifs is 1. The van der Waals surface area contributed by atoms with Crippen LogP contribution in [0.5, 0.6) is 0 Å². The van der Waals surface area contributed by atoms with Crippen LogP contribution in [0.3, 0.4) is 0 Å². The van der Waals surface area contributed by atoms with Crippen LogP contribution < -0.4 is 4.72 Å². The van der Waals surface area contributed by atoms with Crippen molar-refractivity contribution >= 4 is 50.5 Å². The summed E-state index contributed by atoms with van der Waals surface area (Å²) in [6.07, 6.45) is 4.35. The van der Waals surface area contributed by atoms with Gasteiger partial charge in [0.1, 0.15) is 11.9 Å². The second-order valence-electron chi connectivity index (χ2n) is 8.16. The average molecular weight is 587 g/mol. The minimum absolute atomic E-state index is 0.112. The Morgan fingerprint density at radius 2 is 2.00 bits per heavy atom. The van der Waals surface area contributed by atoms with E-state index in [9.17, 15) is 21.6 Å². The Balaban J connectivity index is 0.00000107. The highest BCUT2D eigenvalue weighted by molar-refractivity contribution is 7.88. The molecule has 38 heavy (non-hydrogen) atoms. The van der Waals surface area contributed by atoms with E-state index >= 15 is 0 Å². The molecule has 10 nitrogen and oxygen atoms in total. The molecule has 0 bridgehead atoms. The summed E-state index contributed by atoms with van der Waals surface area (Å²) in [6.45, 7) is -2.59. The number of aliphatic imine (C=N–C) groups is 1. The summed E-state index contributed by atoms with van der Waals surface area (Å²) in [5.41, 5.74) is 1.82. The van der Waals surface area contributed by atoms with E-state index < -0.39 is 34.5 Å². The van der Waals surface area contributed by atoms with Crippen molar-refractivity contribution < 1.29 is 31.2 Å². The lowest BCUT2D eigenvalue weighted by Gasteiger charge is -2.32. The summed E-state index contributed by atoms with van der Waals surface area (Å²) < 4.78 is 67.6. The van der Waals surface area contributed by atoms with E-state index in [1.165, 1.54) is 29.5 Å². The van der Waals surface area contributed by atoms with E-state index in [-0.39, 0.29) is 29.8 Å². The van der Waals surface area contributed by atoms with Gasteiger partial charge in [-0.3, -0.25) is 4.99 Å². The maximum absolute atomic E-state index is 13.8. The lowest BCUT2D eigenvalue weighted by Crippen LogP contribution is -2.38. The third kappa shape index (κ3) is 5.87. The van der Waals surface area contributed by atoms with Gasteiger partial charge in [-0.05, 0) is 18.2 Å². The fraction of sp³-hybridized carbons (Fsp3) is 0.273. The Labute approximate surface area is 223 Å². The van der Waals surface area contributed by atoms with Crippen molar-refractivity contribution in [2.24, 2.45) is 4.99 Å². The van der Waals surface area contributed by atoms with Gasteiger partial charge in [0, 0.05) is 58.6 Å². The van der Waals surface area contributed by atoms with Crippen LogP contribution in [0.25, 0.3) is 5.57 Å². The predicted octanol–water partition coefficient (Wildman–Crippen LogP) is 3.48. The molecule has 2 aromatic heterocycles. The highest BCUT2D eigenvalue weighted by atomic mass is 35.5. The lowest BCUT2D eigenvalue weighted by atomic mass is 9.92. The van der Waals surface area contributed by atoms with Crippen molar-refractivity contribution in [1.29, 1.82) is 0 Å². The summed E-state index contributed by atoms with van der Waals surface area (Å²) in [7, 11) is -3.52. The van der Waals surface area contributed by atoms with Gasteiger partial charge < -0.3 is 4.90 Å². The van der Waals surface area contributed by atoms with Crippen LogP contribution in [-0.2, 0) is 19.6 Å². The van der Waals surface area contributed by atoms with Crippen LogP contribution in [0, 0.1) is 5.82 Å². The Morgan fingerprint density at radius 1 is 1.26 bits per heavy atom. The van der Waals surface area contributed by atoms with Crippen molar-refractivity contribution in [3.05, 3.63) is 74.8 Å². The first-order chi connectivity index (χ1) is 18.0.